The summed E-state index contributed by atoms with van der Waals surface area (Å²) in [5.41, 5.74) is 6.93. The number of nitrogens with one attached hydrogen (secondary N) is 2. The van der Waals surface area contributed by atoms with E-state index >= 15 is 0 Å². The molecule has 0 fully saturated rings. The van der Waals surface area contributed by atoms with Crippen molar-refractivity contribution in [2.75, 3.05) is 31.0 Å². The van der Waals surface area contributed by atoms with Crippen LogP contribution in [0.4, 0.5) is 10.1 Å². The fourth-order valence-corrected chi connectivity index (χ4v) is 5.18. The molecule has 0 bridgehead atoms. The third-order valence-corrected chi connectivity index (χ3v) is 7.58. The number of sulfone groups is 1. The molecule has 0 saturated carbocycles. The molecule has 0 aliphatic carbocycles. The molecule has 0 spiro atoms. The van der Waals surface area contributed by atoms with Gasteiger partial charge in [-0.25, -0.2) is 17.8 Å². The lowest BCUT2D eigenvalue weighted by molar-refractivity contribution is 0.600. The van der Waals surface area contributed by atoms with Gasteiger partial charge in [0.15, 0.2) is 5.82 Å². The highest BCUT2D eigenvalue weighted by Gasteiger charge is 2.18. The van der Waals surface area contributed by atoms with Crippen molar-refractivity contribution in [2.24, 2.45) is 0 Å². The molecule has 0 atom stereocenters. The molecule has 0 aliphatic heterocycles. The number of aromatic nitrogens is 7. The van der Waals surface area contributed by atoms with Crippen LogP contribution in [0.3, 0.4) is 0 Å². The highest BCUT2D eigenvalue weighted by molar-refractivity contribution is 7.90. The van der Waals surface area contributed by atoms with Crippen molar-refractivity contribution in [1.29, 1.82) is 0 Å². The van der Waals surface area contributed by atoms with Gasteiger partial charge in [0.2, 0.25) is 0 Å². The summed E-state index contributed by atoms with van der Waals surface area (Å²) >= 11 is 0. The number of imidazole rings is 1. The highest BCUT2D eigenvalue weighted by Crippen LogP contribution is 2.33. The van der Waals surface area contributed by atoms with Gasteiger partial charge < -0.3 is 9.88 Å². The number of nitrogens with zero attached hydrogens (tertiary/aromatic N) is 6. The van der Waals surface area contributed by atoms with Crippen molar-refractivity contribution in [1.82, 2.24) is 35.1 Å². The van der Waals surface area contributed by atoms with Gasteiger partial charge in [-0.2, -0.15) is 5.10 Å². The second-order valence-electron chi connectivity index (χ2n) is 9.91. The van der Waals surface area contributed by atoms with Crippen molar-refractivity contribution in [3.05, 3.63) is 72.7 Å². The number of hydrogen-bond acceptors (Lipinski definition) is 8. The minimum Gasteiger partial charge on any atom is -0.376 e. The van der Waals surface area contributed by atoms with Gasteiger partial charge in [0, 0.05) is 49.3 Å². The Morgan fingerprint density at radius 2 is 1.75 bits per heavy atom. The van der Waals surface area contributed by atoms with Gasteiger partial charge >= 0.3 is 0 Å². The Kier molecular flexibility index (Phi) is 6.26. The van der Waals surface area contributed by atoms with Crippen LogP contribution in [-0.4, -0.2) is 69.6 Å². The van der Waals surface area contributed by atoms with E-state index < -0.39 is 15.7 Å². The Morgan fingerprint density at radius 3 is 2.55 bits per heavy atom. The molecule has 5 heterocycles. The molecule has 40 heavy (non-hydrogen) atoms. The summed E-state index contributed by atoms with van der Waals surface area (Å²) in [5.74, 6) is -0.00911. The van der Waals surface area contributed by atoms with Crippen LogP contribution in [0.15, 0.2) is 61.3 Å². The molecular formula is C28H25FN8O2S. The lowest BCUT2D eigenvalue weighted by Gasteiger charge is -2.12. The number of aryl methyl sites for hydroxylation is 1. The zero-order valence-corrected chi connectivity index (χ0v) is 22.8. The fraction of sp³-hybridized carbons (Fsp3) is 0.179. The van der Waals surface area contributed by atoms with E-state index in [1.54, 1.807) is 37.1 Å². The third-order valence-electron chi connectivity index (χ3n) is 6.63. The molecule has 0 unspecified atom stereocenters. The highest BCUT2D eigenvalue weighted by atomic mass is 32.2. The number of anilines is 1. The normalized spacial score (nSPS) is 11.9. The topological polar surface area (TPSA) is 133 Å². The van der Waals surface area contributed by atoms with Crippen molar-refractivity contribution < 1.29 is 12.8 Å². The molecule has 0 amide bonds. The molecule has 10 nitrogen and oxygen atoms in total. The molecule has 6 rings (SSSR count). The van der Waals surface area contributed by atoms with Gasteiger partial charge in [-0.15, -0.1) is 0 Å². The van der Waals surface area contributed by atoms with E-state index in [2.05, 4.69) is 30.1 Å². The second-order valence-corrected chi connectivity index (χ2v) is 12.2. The molecule has 2 N–H and O–H groups in total. The number of hydrogen-bond donors (Lipinski definition) is 2. The summed E-state index contributed by atoms with van der Waals surface area (Å²) in [4.78, 5) is 23.4. The first kappa shape index (κ1) is 25.6. The fourth-order valence-electron chi connectivity index (χ4n) is 4.58. The summed E-state index contributed by atoms with van der Waals surface area (Å²) in [5, 5.41) is 8.34. The smallest absolute Gasteiger partial charge is 0.159 e. The summed E-state index contributed by atoms with van der Waals surface area (Å²) in [6.07, 6.45) is 9.93. The summed E-state index contributed by atoms with van der Waals surface area (Å²) in [7, 11) is 0.724. The van der Waals surface area contributed by atoms with Gasteiger partial charge in [0.25, 0.3) is 0 Å². The van der Waals surface area contributed by atoms with Crippen LogP contribution in [0.5, 0.6) is 0 Å². The molecule has 0 aliphatic rings. The second kappa shape index (κ2) is 9.79. The Bertz CT molecular complexity index is 2000. The molecular weight excluding hydrogens is 531 g/mol. The van der Waals surface area contributed by atoms with Crippen LogP contribution in [0.25, 0.3) is 55.8 Å². The Hall–Kier alpha value is -4.71. The van der Waals surface area contributed by atoms with E-state index in [1.807, 2.05) is 31.1 Å². The molecule has 12 heteroatoms. The molecule has 5 aromatic heterocycles. The van der Waals surface area contributed by atoms with E-state index in [4.69, 9.17) is 4.98 Å². The first-order valence-electron chi connectivity index (χ1n) is 12.4. The van der Waals surface area contributed by atoms with E-state index in [0.29, 0.717) is 39.2 Å². The number of rotatable bonds is 7. The predicted molar refractivity (Wildman–Crippen MR) is 153 cm³/mol. The van der Waals surface area contributed by atoms with Crippen LogP contribution in [0, 0.1) is 5.82 Å². The number of pyridine rings is 3. The van der Waals surface area contributed by atoms with Crippen molar-refractivity contribution in [2.45, 2.75) is 6.42 Å². The first-order valence-corrected chi connectivity index (χ1v) is 14.5. The first-order chi connectivity index (χ1) is 19.1. The van der Waals surface area contributed by atoms with Crippen LogP contribution in [0.1, 0.15) is 5.56 Å². The quantitative estimate of drug-likeness (QED) is 0.295. The molecule has 1 aromatic carbocycles. The van der Waals surface area contributed by atoms with Crippen LogP contribution in [0.2, 0.25) is 0 Å². The lowest BCUT2D eigenvalue weighted by Crippen LogP contribution is -2.08. The van der Waals surface area contributed by atoms with Gasteiger partial charge in [0.1, 0.15) is 21.3 Å². The molecule has 0 saturated heterocycles. The number of aromatic amines is 2. The number of benzene rings is 1. The van der Waals surface area contributed by atoms with E-state index in [9.17, 15) is 12.8 Å². The SMILES string of the molecule is CN(C)c1cncc(-c2cc3c(-c4nc5c(-c6cc(F)cc(CCS(C)(=O)=O)c6)cncc5[nH]4)n[nH]c3cn2)c1. The maximum absolute atomic E-state index is 14.6. The van der Waals surface area contributed by atoms with E-state index in [0.717, 1.165) is 27.8 Å². The van der Waals surface area contributed by atoms with Crippen molar-refractivity contribution in [3.63, 3.8) is 0 Å². The predicted octanol–water partition coefficient (Wildman–Crippen LogP) is 4.42. The standard InChI is InChI=1S/C28H25FN8O2S/c1-37(2)20-9-18(11-30-12-20)23-10-21-24(15-32-23)35-36-27(21)28-33-25-14-31-13-22(26(25)34-28)17-6-16(7-19(29)8-17)4-5-40(3,38)39/h6-15H,4-5H2,1-3H3,(H,33,34)(H,35,36). The minimum absolute atomic E-state index is 0.0660. The number of fused-ring (bicyclic) bond motifs is 2. The van der Waals surface area contributed by atoms with Gasteiger partial charge in [0.05, 0.1) is 52.3 Å². The Balaban J connectivity index is 1.42. The third kappa shape index (κ3) is 5.00. The van der Waals surface area contributed by atoms with Crippen molar-refractivity contribution in [3.8, 4) is 33.9 Å². The average molecular weight is 557 g/mol. The number of halogens is 1. The van der Waals surface area contributed by atoms with Crippen molar-refractivity contribution >= 4 is 37.5 Å². The van der Waals surface area contributed by atoms with Crippen LogP contribution >= 0.6 is 0 Å². The Morgan fingerprint density at radius 1 is 0.925 bits per heavy atom. The molecule has 202 valence electrons. The van der Waals surface area contributed by atoms with E-state index in [1.165, 1.54) is 18.4 Å². The summed E-state index contributed by atoms with van der Waals surface area (Å²) < 4.78 is 37.8. The zero-order chi connectivity index (χ0) is 28.0. The minimum atomic E-state index is -3.19. The maximum Gasteiger partial charge on any atom is 0.159 e. The molecule has 0 radical (unpaired) electrons. The van der Waals surface area contributed by atoms with Gasteiger partial charge in [-0.1, -0.05) is 6.07 Å². The van der Waals surface area contributed by atoms with Crippen LogP contribution in [-0.2, 0) is 16.3 Å². The average Bonchev–Trinajstić information content (AvgIpc) is 3.55. The Labute approximate surface area is 229 Å². The molecule has 6 aromatic rings. The summed E-state index contributed by atoms with van der Waals surface area (Å²) in [6, 6.07) is 8.48. The zero-order valence-electron chi connectivity index (χ0n) is 22.0. The summed E-state index contributed by atoms with van der Waals surface area (Å²) in [6.45, 7) is 0. The van der Waals surface area contributed by atoms with Gasteiger partial charge in [-0.05, 0) is 41.8 Å². The largest absolute Gasteiger partial charge is 0.376 e. The van der Waals surface area contributed by atoms with Crippen LogP contribution < -0.4 is 4.90 Å². The maximum atomic E-state index is 14.6. The lowest BCUT2D eigenvalue weighted by atomic mass is 10.0. The van der Waals surface area contributed by atoms with Gasteiger partial charge in [-0.3, -0.25) is 20.1 Å². The van der Waals surface area contributed by atoms with E-state index in [-0.39, 0.29) is 12.2 Å². The monoisotopic (exact) mass is 556 g/mol. The number of H-pyrrole nitrogens is 2.